The van der Waals surface area contributed by atoms with E-state index in [9.17, 15) is 4.79 Å². The Bertz CT molecular complexity index is 665. The Hall–Kier alpha value is -2.09. The molecule has 112 valence electrons. The van der Waals surface area contributed by atoms with Crippen molar-refractivity contribution in [1.82, 2.24) is 0 Å². The van der Waals surface area contributed by atoms with E-state index < -0.39 is 0 Å². The van der Waals surface area contributed by atoms with Gasteiger partial charge in [0.15, 0.2) is 0 Å². The van der Waals surface area contributed by atoms with E-state index >= 15 is 0 Å². The number of benzene rings is 2. The second kappa shape index (κ2) is 5.28. The quantitative estimate of drug-likeness (QED) is 0.796. The molecule has 5 unspecified atom stereocenters. The molecule has 0 amide bonds. The van der Waals surface area contributed by atoms with Gasteiger partial charge in [0.2, 0.25) is 0 Å². The molecule has 0 aromatic heterocycles. The fourth-order valence-corrected chi connectivity index (χ4v) is 4.14. The molecular formula is C20H20O2. The average molecular weight is 292 g/mol. The molecule has 2 aromatic rings. The molecule has 2 aromatic carbocycles. The van der Waals surface area contributed by atoms with Gasteiger partial charge in [0.25, 0.3) is 0 Å². The zero-order chi connectivity index (χ0) is 15.1. The normalized spacial score (nSPS) is 32.3. The third-order valence-corrected chi connectivity index (χ3v) is 5.30. The Morgan fingerprint density at radius 3 is 2.14 bits per heavy atom. The Labute approximate surface area is 131 Å². The SMILES string of the molecule is COC(=O)C1C(c2ccccc2)C1C1CC1c1ccccc1. The molecule has 2 nitrogen and oxygen atoms in total. The van der Waals surface area contributed by atoms with Gasteiger partial charge in [-0.2, -0.15) is 0 Å². The van der Waals surface area contributed by atoms with E-state index in [4.69, 9.17) is 4.74 Å². The molecule has 4 rings (SSSR count). The molecule has 5 atom stereocenters. The predicted molar refractivity (Wildman–Crippen MR) is 85.5 cm³/mol. The van der Waals surface area contributed by atoms with Gasteiger partial charge in [0.05, 0.1) is 13.0 Å². The van der Waals surface area contributed by atoms with Gasteiger partial charge >= 0.3 is 5.97 Å². The summed E-state index contributed by atoms with van der Waals surface area (Å²) in [4.78, 5) is 12.1. The van der Waals surface area contributed by atoms with Crippen LogP contribution in [-0.4, -0.2) is 13.1 Å². The lowest BCUT2D eigenvalue weighted by atomic mass is 10.0. The van der Waals surface area contributed by atoms with Crippen molar-refractivity contribution in [2.24, 2.45) is 17.8 Å². The van der Waals surface area contributed by atoms with Gasteiger partial charge in [0, 0.05) is 5.92 Å². The van der Waals surface area contributed by atoms with E-state index in [1.807, 2.05) is 6.07 Å². The molecule has 2 aliphatic carbocycles. The van der Waals surface area contributed by atoms with Crippen molar-refractivity contribution >= 4 is 5.97 Å². The third-order valence-electron chi connectivity index (χ3n) is 5.30. The van der Waals surface area contributed by atoms with Crippen LogP contribution in [0.15, 0.2) is 60.7 Å². The summed E-state index contributed by atoms with van der Waals surface area (Å²) in [6.07, 6.45) is 1.20. The van der Waals surface area contributed by atoms with Crippen LogP contribution in [0.2, 0.25) is 0 Å². The molecule has 0 radical (unpaired) electrons. The van der Waals surface area contributed by atoms with E-state index in [0.717, 1.165) is 0 Å². The summed E-state index contributed by atoms with van der Waals surface area (Å²) >= 11 is 0. The summed E-state index contributed by atoms with van der Waals surface area (Å²) in [6, 6.07) is 21.1. The van der Waals surface area contributed by atoms with Gasteiger partial charge in [-0.1, -0.05) is 60.7 Å². The van der Waals surface area contributed by atoms with Crippen molar-refractivity contribution in [3.8, 4) is 0 Å². The van der Waals surface area contributed by atoms with Crippen LogP contribution in [0.5, 0.6) is 0 Å². The highest BCUT2D eigenvalue weighted by atomic mass is 16.5. The number of hydrogen-bond donors (Lipinski definition) is 0. The van der Waals surface area contributed by atoms with E-state index in [1.165, 1.54) is 24.7 Å². The first-order valence-electron chi connectivity index (χ1n) is 7.99. The Morgan fingerprint density at radius 1 is 0.955 bits per heavy atom. The second-order valence-corrected chi connectivity index (χ2v) is 6.48. The first kappa shape index (κ1) is 13.6. The number of esters is 1. The summed E-state index contributed by atoms with van der Waals surface area (Å²) in [6.45, 7) is 0. The van der Waals surface area contributed by atoms with Crippen molar-refractivity contribution < 1.29 is 9.53 Å². The summed E-state index contributed by atoms with van der Waals surface area (Å²) in [5.41, 5.74) is 2.69. The fraction of sp³-hybridized carbons (Fsp3) is 0.350. The van der Waals surface area contributed by atoms with Crippen LogP contribution >= 0.6 is 0 Å². The highest BCUT2D eigenvalue weighted by molar-refractivity contribution is 5.78. The number of carbonyl (C=O) groups is 1. The highest BCUT2D eigenvalue weighted by Crippen LogP contribution is 2.68. The molecule has 2 saturated carbocycles. The third kappa shape index (κ3) is 2.23. The molecule has 0 heterocycles. The van der Waals surface area contributed by atoms with Gasteiger partial charge in [-0.05, 0) is 35.3 Å². The average Bonchev–Trinajstić information content (AvgIpc) is 3.47. The number of hydrogen-bond acceptors (Lipinski definition) is 2. The maximum atomic E-state index is 12.1. The number of methoxy groups -OCH3 is 1. The first-order chi connectivity index (χ1) is 10.8. The number of carbonyl (C=O) groups excluding carboxylic acids is 1. The molecule has 2 aliphatic rings. The van der Waals surface area contributed by atoms with Crippen LogP contribution in [0.1, 0.15) is 29.4 Å². The number of rotatable bonds is 4. The largest absolute Gasteiger partial charge is 0.469 e. The monoisotopic (exact) mass is 292 g/mol. The molecule has 0 bridgehead atoms. The van der Waals surface area contributed by atoms with Crippen LogP contribution < -0.4 is 0 Å². The maximum Gasteiger partial charge on any atom is 0.309 e. The summed E-state index contributed by atoms with van der Waals surface area (Å²) in [5, 5.41) is 0. The fourth-order valence-electron chi connectivity index (χ4n) is 4.14. The Morgan fingerprint density at radius 2 is 1.55 bits per heavy atom. The maximum absolute atomic E-state index is 12.1. The summed E-state index contributed by atoms with van der Waals surface area (Å²) in [5.74, 6) is 2.03. The van der Waals surface area contributed by atoms with Crippen molar-refractivity contribution in [1.29, 1.82) is 0 Å². The minimum absolute atomic E-state index is 0.0439. The smallest absolute Gasteiger partial charge is 0.309 e. The minimum atomic E-state index is -0.0439. The topological polar surface area (TPSA) is 26.3 Å². The molecule has 0 N–H and O–H groups in total. The first-order valence-corrected chi connectivity index (χ1v) is 7.99. The van der Waals surface area contributed by atoms with E-state index in [0.29, 0.717) is 23.7 Å². The summed E-state index contributed by atoms with van der Waals surface area (Å²) < 4.78 is 5.04. The van der Waals surface area contributed by atoms with E-state index in [1.54, 1.807) is 0 Å². The van der Waals surface area contributed by atoms with Crippen LogP contribution in [0.4, 0.5) is 0 Å². The molecule has 0 aliphatic heterocycles. The van der Waals surface area contributed by atoms with Gasteiger partial charge in [-0.3, -0.25) is 4.79 Å². The lowest BCUT2D eigenvalue weighted by molar-refractivity contribution is -0.142. The molecule has 0 saturated heterocycles. The van der Waals surface area contributed by atoms with Crippen LogP contribution in [0, 0.1) is 17.8 Å². The van der Waals surface area contributed by atoms with Gasteiger partial charge in [0.1, 0.15) is 0 Å². The number of ether oxygens (including phenoxy) is 1. The Kier molecular flexibility index (Phi) is 3.25. The van der Waals surface area contributed by atoms with E-state index in [-0.39, 0.29) is 11.9 Å². The van der Waals surface area contributed by atoms with Crippen molar-refractivity contribution in [2.45, 2.75) is 18.3 Å². The zero-order valence-corrected chi connectivity index (χ0v) is 12.7. The lowest BCUT2D eigenvalue weighted by Crippen LogP contribution is -2.06. The molecular weight excluding hydrogens is 272 g/mol. The standard InChI is InChI=1S/C20H20O2/c1-22-20(21)19-17(14-10-6-3-7-11-14)18(19)16-12-15(16)13-8-4-2-5-9-13/h2-11,15-19H,12H2,1H3. The van der Waals surface area contributed by atoms with Gasteiger partial charge in [-0.15, -0.1) is 0 Å². The Balaban J connectivity index is 1.55. The van der Waals surface area contributed by atoms with Gasteiger partial charge in [-0.25, -0.2) is 0 Å². The molecule has 22 heavy (non-hydrogen) atoms. The van der Waals surface area contributed by atoms with Crippen molar-refractivity contribution in [3.05, 3.63) is 71.8 Å². The predicted octanol–water partition coefficient (Wildman–Crippen LogP) is 3.99. The second-order valence-electron chi connectivity index (χ2n) is 6.48. The van der Waals surface area contributed by atoms with Crippen molar-refractivity contribution in [2.75, 3.05) is 7.11 Å². The van der Waals surface area contributed by atoms with Crippen LogP contribution in [-0.2, 0) is 9.53 Å². The van der Waals surface area contributed by atoms with E-state index in [2.05, 4.69) is 54.6 Å². The minimum Gasteiger partial charge on any atom is -0.469 e. The molecule has 2 fully saturated rings. The highest BCUT2D eigenvalue weighted by Gasteiger charge is 2.64. The summed E-state index contributed by atoms with van der Waals surface area (Å²) in [7, 11) is 1.50. The van der Waals surface area contributed by atoms with Crippen LogP contribution in [0.3, 0.4) is 0 Å². The van der Waals surface area contributed by atoms with Crippen molar-refractivity contribution in [3.63, 3.8) is 0 Å². The van der Waals surface area contributed by atoms with Crippen LogP contribution in [0.25, 0.3) is 0 Å². The molecule has 0 spiro atoms. The zero-order valence-electron chi connectivity index (χ0n) is 12.7. The van der Waals surface area contributed by atoms with Gasteiger partial charge < -0.3 is 4.74 Å². The molecule has 2 heteroatoms. The lowest BCUT2D eigenvalue weighted by Gasteiger charge is -2.00.